The highest BCUT2D eigenvalue weighted by Crippen LogP contribution is 2.18. The molecule has 0 radical (unpaired) electrons. The minimum absolute atomic E-state index is 0.00995. The molecule has 0 unspecified atom stereocenters. The molecular formula is C20H20N4O3. The number of hydrogen-bond acceptors (Lipinski definition) is 4. The number of likely N-dealkylation sites (tertiary alicyclic amines) is 1. The molecule has 0 spiro atoms. The summed E-state index contributed by atoms with van der Waals surface area (Å²) in [5.74, 6) is -0.151. The Kier molecular flexibility index (Phi) is 4.50. The Hall–Kier alpha value is -3.35. The maximum atomic E-state index is 12.7. The lowest BCUT2D eigenvalue weighted by Crippen LogP contribution is -2.46. The molecule has 4 rings (SSSR count). The smallest absolute Gasteiger partial charge is 0.253 e. The molecule has 2 amide bonds. The summed E-state index contributed by atoms with van der Waals surface area (Å²) in [6, 6.07) is 11.7. The zero-order valence-electron chi connectivity index (χ0n) is 14.7. The molecule has 7 heteroatoms. The number of aromatic amines is 1. The van der Waals surface area contributed by atoms with E-state index in [0.29, 0.717) is 37.1 Å². The number of fused-ring (bicyclic) bond motifs is 1. The number of phenols is 1. The number of H-pyrrole nitrogens is 1. The lowest BCUT2D eigenvalue weighted by atomic mass is 10.0. The highest BCUT2D eigenvalue weighted by Gasteiger charge is 2.25. The molecule has 1 saturated heterocycles. The maximum absolute atomic E-state index is 12.7. The number of imidazole rings is 1. The fourth-order valence-corrected chi connectivity index (χ4v) is 3.39. The molecule has 2 aromatic carbocycles. The van der Waals surface area contributed by atoms with Crippen molar-refractivity contribution in [2.75, 3.05) is 13.1 Å². The van der Waals surface area contributed by atoms with E-state index in [1.807, 2.05) is 17.0 Å². The Morgan fingerprint density at radius 3 is 2.70 bits per heavy atom. The summed E-state index contributed by atoms with van der Waals surface area (Å²) in [4.78, 5) is 34.0. The molecule has 0 bridgehead atoms. The molecule has 138 valence electrons. The number of benzene rings is 2. The Labute approximate surface area is 156 Å². The number of piperidine rings is 1. The van der Waals surface area contributed by atoms with E-state index in [0.717, 1.165) is 11.0 Å². The minimum Gasteiger partial charge on any atom is -0.508 e. The molecule has 0 atom stereocenters. The van der Waals surface area contributed by atoms with Crippen LogP contribution < -0.4 is 5.32 Å². The van der Waals surface area contributed by atoms with E-state index < -0.39 is 0 Å². The summed E-state index contributed by atoms with van der Waals surface area (Å²) in [6.45, 7) is 1.18. The third kappa shape index (κ3) is 3.62. The average Bonchev–Trinajstić information content (AvgIpc) is 3.16. The van der Waals surface area contributed by atoms with Gasteiger partial charge in [0, 0.05) is 30.3 Å². The van der Waals surface area contributed by atoms with E-state index in [-0.39, 0.29) is 23.6 Å². The van der Waals surface area contributed by atoms with Gasteiger partial charge >= 0.3 is 0 Å². The van der Waals surface area contributed by atoms with Gasteiger partial charge in [0.2, 0.25) is 0 Å². The summed E-state index contributed by atoms with van der Waals surface area (Å²) in [6.07, 6.45) is 3.00. The van der Waals surface area contributed by atoms with Crippen molar-refractivity contribution in [1.29, 1.82) is 0 Å². The van der Waals surface area contributed by atoms with E-state index in [4.69, 9.17) is 0 Å². The molecule has 1 aromatic heterocycles. The first-order chi connectivity index (χ1) is 13.1. The molecule has 2 heterocycles. The summed E-state index contributed by atoms with van der Waals surface area (Å²) < 4.78 is 0. The van der Waals surface area contributed by atoms with Crippen LogP contribution in [0.4, 0.5) is 0 Å². The van der Waals surface area contributed by atoms with E-state index in [9.17, 15) is 14.7 Å². The SMILES string of the molecule is O=C(NC1CCN(C(=O)c2ccc3nc[nH]c3c2)CC1)c1cccc(O)c1. The standard InChI is InChI=1S/C20H20N4O3/c25-16-3-1-2-13(10-16)19(26)23-15-6-8-24(9-7-15)20(27)14-4-5-17-18(11-14)22-12-21-17/h1-5,10-12,15,25H,6-9H2,(H,21,22)(H,23,26). The van der Waals surface area contributed by atoms with Gasteiger partial charge in [-0.15, -0.1) is 0 Å². The number of amides is 2. The second kappa shape index (κ2) is 7.11. The molecule has 27 heavy (non-hydrogen) atoms. The second-order valence-corrected chi connectivity index (χ2v) is 6.72. The molecule has 0 aliphatic carbocycles. The van der Waals surface area contributed by atoms with Crippen LogP contribution >= 0.6 is 0 Å². The number of aromatic hydroxyl groups is 1. The van der Waals surface area contributed by atoms with Crippen molar-refractivity contribution in [2.24, 2.45) is 0 Å². The zero-order chi connectivity index (χ0) is 18.8. The fourth-order valence-electron chi connectivity index (χ4n) is 3.39. The monoisotopic (exact) mass is 364 g/mol. The Balaban J connectivity index is 1.35. The molecular weight excluding hydrogens is 344 g/mol. The first kappa shape index (κ1) is 17.1. The fraction of sp³-hybridized carbons (Fsp3) is 0.250. The minimum atomic E-state index is -0.208. The maximum Gasteiger partial charge on any atom is 0.253 e. The van der Waals surface area contributed by atoms with Gasteiger partial charge in [0.1, 0.15) is 5.75 Å². The summed E-state index contributed by atoms with van der Waals surface area (Å²) in [5, 5.41) is 12.5. The molecule has 3 aromatic rings. The van der Waals surface area contributed by atoms with Crippen molar-refractivity contribution in [2.45, 2.75) is 18.9 Å². The summed E-state index contributed by atoms with van der Waals surface area (Å²) >= 11 is 0. The van der Waals surface area contributed by atoms with Gasteiger partial charge in [-0.25, -0.2) is 4.98 Å². The Bertz CT molecular complexity index is 990. The predicted octanol–water partition coefficient (Wildman–Crippen LogP) is 2.30. The number of phenolic OH excluding ortho intramolecular Hbond substituents is 1. The summed E-state index contributed by atoms with van der Waals surface area (Å²) in [7, 11) is 0. The third-order valence-corrected chi connectivity index (χ3v) is 4.89. The number of carbonyl (C=O) groups is 2. The van der Waals surface area contributed by atoms with E-state index in [1.165, 1.54) is 12.1 Å². The Morgan fingerprint density at radius 1 is 1.11 bits per heavy atom. The van der Waals surface area contributed by atoms with Crippen LogP contribution in [0.3, 0.4) is 0 Å². The predicted molar refractivity (Wildman–Crippen MR) is 101 cm³/mol. The van der Waals surface area contributed by atoms with Crippen molar-refractivity contribution in [3.63, 3.8) is 0 Å². The van der Waals surface area contributed by atoms with Crippen molar-refractivity contribution >= 4 is 22.8 Å². The molecule has 3 N–H and O–H groups in total. The van der Waals surface area contributed by atoms with Gasteiger partial charge in [0.05, 0.1) is 17.4 Å². The van der Waals surface area contributed by atoms with E-state index in [1.54, 1.807) is 24.5 Å². The van der Waals surface area contributed by atoms with Gasteiger partial charge in [-0.2, -0.15) is 0 Å². The van der Waals surface area contributed by atoms with Crippen molar-refractivity contribution < 1.29 is 14.7 Å². The summed E-state index contributed by atoms with van der Waals surface area (Å²) in [5.41, 5.74) is 2.74. The van der Waals surface area contributed by atoms with E-state index in [2.05, 4.69) is 15.3 Å². The number of aromatic nitrogens is 2. The van der Waals surface area contributed by atoms with Crippen molar-refractivity contribution in [1.82, 2.24) is 20.2 Å². The van der Waals surface area contributed by atoms with E-state index >= 15 is 0 Å². The number of rotatable bonds is 3. The van der Waals surface area contributed by atoms with Gasteiger partial charge in [-0.3, -0.25) is 9.59 Å². The Morgan fingerprint density at radius 2 is 1.93 bits per heavy atom. The second-order valence-electron chi connectivity index (χ2n) is 6.72. The lowest BCUT2D eigenvalue weighted by Gasteiger charge is -2.32. The molecule has 7 nitrogen and oxygen atoms in total. The molecule has 1 aliphatic heterocycles. The largest absolute Gasteiger partial charge is 0.508 e. The van der Waals surface area contributed by atoms with Crippen LogP contribution in [0.15, 0.2) is 48.8 Å². The molecule has 1 aliphatic rings. The van der Waals surface area contributed by atoms with Crippen LogP contribution in [0.5, 0.6) is 5.75 Å². The number of nitrogens with one attached hydrogen (secondary N) is 2. The quantitative estimate of drug-likeness (QED) is 0.664. The highest BCUT2D eigenvalue weighted by atomic mass is 16.3. The number of nitrogens with zero attached hydrogens (tertiary/aromatic N) is 2. The van der Waals surface area contributed by atoms with Gasteiger partial charge in [-0.1, -0.05) is 6.07 Å². The van der Waals surface area contributed by atoms with Gasteiger partial charge in [-0.05, 0) is 49.2 Å². The van der Waals surface area contributed by atoms with Crippen molar-refractivity contribution in [3.05, 3.63) is 59.9 Å². The number of carbonyl (C=O) groups excluding carboxylic acids is 2. The van der Waals surface area contributed by atoms with Crippen LogP contribution in [0.1, 0.15) is 33.6 Å². The van der Waals surface area contributed by atoms with Crippen LogP contribution in [-0.4, -0.2) is 50.9 Å². The topological polar surface area (TPSA) is 98.3 Å². The highest BCUT2D eigenvalue weighted by molar-refractivity contribution is 5.97. The average molecular weight is 364 g/mol. The van der Waals surface area contributed by atoms with Crippen LogP contribution in [0.2, 0.25) is 0 Å². The zero-order valence-corrected chi connectivity index (χ0v) is 14.7. The van der Waals surface area contributed by atoms with Crippen LogP contribution in [0.25, 0.3) is 11.0 Å². The van der Waals surface area contributed by atoms with Crippen molar-refractivity contribution in [3.8, 4) is 5.75 Å². The van der Waals surface area contributed by atoms with Gasteiger partial charge < -0.3 is 20.3 Å². The first-order valence-electron chi connectivity index (χ1n) is 8.92. The van der Waals surface area contributed by atoms with Crippen LogP contribution in [0, 0.1) is 0 Å². The lowest BCUT2D eigenvalue weighted by molar-refractivity contribution is 0.0698. The third-order valence-electron chi connectivity index (χ3n) is 4.89. The van der Waals surface area contributed by atoms with Crippen LogP contribution in [-0.2, 0) is 0 Å². The normalized spacial score (nSPS) is 15.0. The first-order valence-corrected chi connectivity index (χ1v) is 8.92. The number of hydrogen-bond donors (Lipinski definition) is 3. The molecule has 0 saturated carbocycles. The molecule has 1 fully saturated rings. The van der Waals surface area contributed by atoms with Gasteiger partial charge in [0.15, 0.2) is 0 Å². The van der Waals surface area contributed by atoms with Gasteiger partial charge in [0.25, 0.3) is 11.8 Å².